The van der Waals surface area contributed by atoms with Crippen LogP contribution in [-0.4, -0.2) is 11.5 Å². The SMILES string of the molecule is Cc1nc(C)c(CNCC(C)(C)c2ccccc2)s1. The number of aryl methyl sites for hydroxylation is 2. The molecule has 2 nitrogen and oxygen atoms in total. The molecule has 102 valence electrons. The summed E-state index contributed by atoms with van der Waals surface area (Å²) in [5.41, 5.74) is 2.68. The lowest BCUT2D eigenvalue weighted by Crippen LogP contribution is -2.32. The Morgan fingerprint density at radius 1 is 1.16 bits per heavy atom. The lowest BCUT2D eigenvalue weighted by Gasteiger charge is -2.25. The summed E-state index contributed by atoms with van der Waals surface area (Å²) in [7, 11) is 0. The van der Waals surface area contributed by atoms with Gasteiger partial charge >= 0.3 is 0 Å². The molecule has 3 heteroatoms. The second-order valence-electron chi connectivity index (χ2n) is 5.59. The average Bonchev–Trinajstić information content (AvgIpc) is 2.69. The molecule has 19 heavy (non-hydrogen) atoms. The molecule has 0 amide bonds. The molecule has 1 aromatic carbocycles. The van der Waals surface area contributed by atoms with Gasteiger partial charge in [-0.15, -0.1) is 11.3 Å². The first kappa shape index (κ1) is 14.2. The van der Waals surface area contributed by atoms with Gasteiger partial charge in [0.05, 0.1) is 10.7 Å². The van der Waals surface area contributed by atoms with E-state index in [2.05, 4.69) is 68.3 Å². The number of benzene rings is 1. The van der Waals surface area contributed by atoms with E-state index in [4.69, 9.17) is 0 Å². The van der Waals surface area contributed by atoms with E-state index in [0.717, 1.165) is 23.8 Å². The minimum atomic E-state index is 0.148. The maximum Gasteiger partial charge on any atom is 0.0900 e. The molecule has 0 radical (unpaired) electrons. The third-order valence-corrected chi connectivity index (χ3v) is 4.48. The van der Waals surface area contributed by atoms with Gasteiger partial charge in [-0.1, -0.05) is 44.2 Å². The summed E-state index contributed by atoms with van der Waals surface area (Å²) in [6, 6.07) is 10.7. The van der Waals surface area contributed by atoms with Crippen LogP contribution in [0, 0.1) is 13.8 Å². The van der Waals surface area contributed by atoms with Crippen molar-refractivity contribution in [2.24, 2.45) is 0 Å². The second-order valence-corrected chi connectivity index (χ2v) is 6.88. The van der Waals surface area contributed by atoms with E-state index in [1.807, 2.05) is 0 Å². The maximum absolute atomic E-state index is 4.46. The summed E-state index contributed by atoms with van der Waals surface area (Å²) in [5.74, 6) is 0. The zero-order valence-corrected chi connectivity index (χ0v) is 13.0. The van der Waals surface area contributed by atoms with Crippen LogP contribution in [0.2, 0.25) is 0 Å². The van der Waals surface area contributed by atoms with Crippen LogP contribution in [0.4, 0.5) is 0 Å². The van der Waals surface area contributed by atoms with Crippen LogP contribution >= 0.6 is 11.3 Å². The monoisotopic (exact) mass is 274 g/mol. The van der Waals surface area contributed by atoms with E-state index >= 15 is 0 Å². The summed E-state index contributed by atoms with van der Waals surface area (Å²) < 4.78 is 0. The molecule has 0 atom stereocenters. The van der Waals surface area contributed by atoms with Crippen molar-refractivity contribution in [2.45, 2.75) is 39.7 Å². The molecule has 0 fully saturated rings. The molecule has 0 aliphatic carbocycles. The molecule has 1 N–H and O–H groups in total. The summed E-state index contributed by atoms with van der Waals surface area (Å²) in [5, 5.41) is 4.71. The smallest absolute Gasteiger partial charge is 0.0900 e. The fourth-order valence-corrected chi connectivity index (χ4v) is 3.12. The third kappa shape index (κ3) is 3.64. The van der Waals surface area contributed by atoms with Crippen molar-refractivity contribution in [2.75, 3.05) is 6.54 Å². The minimum absolute atomic E-state index is 0.148. The second kappa shape index (κ2) is 5.85. The number of rotatable bonds is 5. The van der Waals surface area contributed by atoms with Gasteiger partial charge in [-0.25, -0.2) is 4.98 Å². The highest BCUT2D eigenvalue weighted by Crippen LogP contribution is 2.22. The van der Waals surface area contributed by atoms with Crippen molar-refractivity contribution in [3.8, 4) is 0 Å². The molecular formula is C16H22N2S. The number of nitrogens with one attached hydrogen (secondary N) is 1. The zero-order chi connectivity index (χ0) is 13.9. The predicted octanol–water partition coefficient (Wildman–Crippen LogP) is 3.83. The van der Waals surface area contributed by atoms with Gasteiger partial charge < -0.3 is 5.32 Å². The van der Waals surface area contributed by atoms with Gasteiger partial charge in [-0.05, 0) is 19.4 Å². The molecule has 0 bridgehead atoms. The van der Waals surface area contributed by atoms with Crippen LogP contribution < -0.4 is 5.32 Å². The molecule has 1 heterocycles. The zero-order valence-electron chi connectivity index (χ0n) is 12.2. The van der Waals surface area contributed by atoms with E-state index in [1.54, 1.807) is 11.3 Å². The van der Waals surface area contributed by atoms with Crippen molar-refractivity contribution < 1.29 is 0 Å². The van der Waals surface area contributed by atoms with E-state index in [-0.39, 0.29) is 5.41 Å². The number of thiazole rings is 1. The van der Waals surface area contributed by atoms with Crippen LogP contribution in [0.25, 0.3) is 0 Å². The van der Waals surface area contributed by atoms with Gasteiger partial charge in [0, 0.05) is 23.4 Å². The van der Waals surface area contributed by atoms with Crippen LogP contribution in [-0.2, 0) is 12.0 Å². The van der Waals surface area contributed by atoms with Crippen molar-refractivity contribution >= 4 is 11.3 Å². The molecule has 0 saturated heterocycles. The Morgan fingerprint density at radius 2 is 1.84 bits per heavy atom. The van der Waals surface area contributed by atoms with Crippen LogP contribution in [0.5, 0.6) is 0 Å². The number of hydrogen-bond donors (Lipinski definition) is 1. The molecule has 0 spiro atoms. The third-order valence-electron chi connectivity index (χ3n) is 3.41. The summed E-state index contributed by atoms with van der Waals surface area (Å²) in [6.07, 6.45) is 0. The van der Waals surface area contributed by atoms with E-state index in [1.165, 1.54) is 10.4 Å². The van der Waals surface area contributed by atoms with Crippen molar-refractivity contribution in [1.29, 1.82) is 0 Å². The Balaban J connectivity index is 1.94. The van der Waals surface area contributed by atoms with E-state index in [9.17, 15) is 0 Å². The van der Waals surface area contributed by atoms with Crippen LogP contribution in [0.1, 0.15) is 35.0 Å². The Hall–Kier alpha value is -1.19. The standard InChI is InChI=1S/C16H22N2S/c1-12-15(19-13(2)18-12)10-17-11-16(3,4)14-8-6-5-7-9-14/h5-9,17H,10-11H2,1-4H3. The number of aromatic nitrogens is 1. The largest absolute Gasteiger partial charge is 0.311 e. The van der Waals surface area contributed by atoms with Gasteiger partial charge in [0.15, 0.2) is 0 Å². The Kier molecular flexibility index (Phi) is 4.38. The van der Waals surface area contributed by atoms with E-state index < -0.39 is 0 Å². The van der Waals surface area contributed by atoms with Crippen LogP contribution in [0.3, 0.4) is 0 Å². The Morgan fingerprint density at radius 3 is 2.42 bits per heavy atom. The Bertz CT molecular complexity index is 529. The topological polar surface area (TPSA) is 24.9 Å². The highest BCUT2D eigenvalue weighted by molar-refractivity contribution is 7.11. The molecule has 2 rings (SSSR count). The minimum Gasteiger partial charge on any atom is -0.311 e. The first-order chi connectivity index (χ1) is 8.99. The molecule has 0 unspecified atom stereocenters. The molecule has 2 aromatic rings. The Labute approximate surface area is 119 Å². The molecule has 0 aliphatic rings. The highest BCUT2D eigenvalue weighted by atomic mass is 32.1. The summed E-state index contributed by atoms with van der Waals surface area (Å²) >= 11 is 1.79. The molecule has 1 aromatic heterocycles. The highest BCUT2D eigenvalue weighted by Gasteiger charge is 2.19. The fraction of sp³-hybridized carbons (Fsp3) is 0.438. The van der Waals surface area contributed by atoms with Gasteiger partial charge in [0.25, 0.3) is 0 Å². The van der Waals surface area contributed by atoms with Gasteiger partial charge in [0.2, 0.25) is 0 Å². The predicted molar refractivity (Wildman–Crippen MR) is 82.8 cm³/mol. The summed E-state index contributed by atoms with van der Waals surface area (Å²) in [6.45, 7) is 10.6. The average molecular weight is 274 g/mol. The first-order valence-electron chi connectivity index (χ1n) is 6.68. The first-order valence-corrected chi connectivity index (χ1v) is 7.50. The molecule has 0 aliphatic heterocycles. The van der Waals surface area contributed by atoms with Crippen molar-refractivity contribution in [1.82, 2.24) is 10.3 Å². The van der Waals surface area contributed by atoms with Gasteiger partial charge in [-0.2, -0.15) is 0 Å². The molecular weight excluding hydrogens is 252 g/mol. The quantitative estimate of drug-likeness (QED) is 0.896. The maximum atomic E-state index is 4.46. The van der Waals surface area contributed by atoms with Crippen molar-refractivity contribution in [3.05, 3.63) is 51.5 Å². The summed E-state index contributed by atoms with van der Waals surface area (Å²) in [4.78, 5) is 5.81. The normalized spacial score (nSPS) is 11.8. The van der Waals surface area contributed by atoms with Crippen molar-refractivity contribution in [3.63, 3.8) is 0 Å². The fourth-order valence-electron chi connectivity index (χ4n) is 2.22. The number of hydrogen-bond acceptors (Lipinski definition) is 3. The molecule has 0 saturated carbocycles. The van der Waals surface area contributed by atoms with Gasteiger partial charge in [-0.3, -0.25) is 0 Å². The lowest BCUT2D eigenvalue weighted by molar-refractivity contribution is 0.470. The lowest BCUT2D eigenvalue weighted by atomic mass is 9.84. The van der Waals surface area contributed by atoms with E-state index in [0.29, 0.717) is 0 Å². The van der Waals surface area contributed by atoms with Gasteiger partial charge in [0.1, 0.15) is 0 Å². The number of nitrogens with zero attached hydrogens (tertiary/aromatic N) is 1. The van der Waals surface area contributed by atoms with Crippen LogP contribution in [0.15, 0.2) is 30.3 Å².